The summed E-state index contributed by atoms with van der Waals surface area (Å²) in [5.74, 6) is 0.834. The highest BCUT2D eigenvalue weighted by Crippen LogP contribution is 2.24. The highest BCUT2D eigenvalue weighted by Gasteiger charge is 2.24. The summed E-state index contributed by atoms with van der Waals surface area (Å²) in [5, 5.41) is 1.02. The SMILES string of the molecule is NCCC1CCN(C(=O)c2c[nH]c3ccccc23)CC1. The van der Waals surface area contributed by atoms with Gasteiger partial charge in [0.1, 0.15) is 0 Å². The molecule has 1 aromatic heterocycles. The molecule has 1 aliphatic rings. The number of carbonyl (C=O) groups is 1. The average Bonchev–Trinajstić information content (AvgIpc) is 2.92. The first-order valence-electron chi connectivity index (χ1n) is 7.35. The molecular weight excluding hydrogens is 250 g/mol. The van der Waals surface area contributed by atoms with Crippen LogP contribution in [0.25, 0.3) is 10.9 Å². The van der Waals surface area contributed by atoms with Crippen molar-refractivity contribution in [2.75, 3.05) is 19.6 Å². The van der Waals surface area contributed by atoms with Crippen molar-refractivity contribution in [2.45, 2.75) is 19.3 Å². The van der Waals surface area contributed by atoms with Gasteiger partial charge in [-0.05, 0) is 37.8 Å². The maximum atomic E-state index is 12.6. The van der Waals surface area contributed by atoms with Crippen molar-refractivity contribution in [1.29, 1.82) is 0 Å². The first-order chi connectivity index (χ1) is 9.79. The van der Waals surface area contributed by atoms with Gasteiger partial charge in [0.05, 0.1) is 5.56 Å². The van der Waals surface area contributed by atoms with Crippen LogP contribution in [-0.4, -0.2) is 35.4 Å². The van der Waals surface area contributed by atoms with E-state index >= 15 is 0 Å². The van der Waals surface area contributed by atoms with Crippen LogP contribution in [0.1, 0.15) is 29.6 Å². The predicted octanol–water partition coefficient (Wildman–Crippen LogP) is 2.37. The molecular formula is C16H21N3O. The van der Waals surface area contributed by atoms with Crippen molar-refractivity contribution in [3.8, 4) is 0 Å². The summed E-state index contributed by atoms with van der Waals surface area (Å²) in [4.78, 5) is 17.8. The number of nitrogens with two attached hydrogens (primary N) is 1. The molecule has 4 heteroatoms. The molecule has 3 rings (SSSR count). The Hall–Kier alpha value is -1.81. The number of benzene rings is 1. The van der Waals surface area contributed by atoms with Gasteiger partial charge in [0.15, 0.2) is 0 Å². The summed E-state index contributed by atoms with van der Waals surface area (Å²) in [6.45, 7) is 2.45. The number of para-hydroxylation sites is 1. The summed E-state index contributed by atoms with van der Waals surface area (Å²) in [7, 11) is 0. The summed E-state index contributed by atoms with van der Waals surface area (Å²) in [6, 6.07) is 7.95. The number of amides is 1. The van der Waals surface area contributed by atoms with E-state index in [1.807, 2.05) is 35.4 Å². The number of hydrogen-bond acceptors (Lipinski definition) is 2. The topological polar surface area (TPSA) is 62.1 Å². The molecule has 3 N–H and O–H groups in total. The van der Waals surface area contributed by atoms with Crippen LogP contribution in [0.5, 0.6) is 0 Å². The highest BCUT2D eigenvalue weighted by atomic mass is 16.2. The van der Waals surface area contributed by atoms with E-state index in [0.717, 1.165) is 55.4 Å². The molecule has 2 aromatic rings. The van der Waals surface area contributed by atoms with Gasteiger partial charge >= 0.3 is 0 Å². The van der Waals surface area contributed by atoms with Gasteiger partial charge in [-0.3, -0.25) is 4.79 Å². The molecule has 0 saturated carbocycles. The van der Waals surface area contributed by atoms with Crippen LogP contribution in [0.15, 0.2) is 30.5 Å². The zero-order valence-corrected chi connectivity index (χ0v) is 11.6. The quantitative estimate of drug-likeness (QED) is 0.900. The summed E-state index contributed by atoms with van der Waals surface area (Å²) in [5.41, 5.74) is 7.42. The molecule has 1 aliphatic heterocycles. The van der Waals surface area contributed by atoms with E-state index in [4.69, 9.17) is 5.73 Å². The lowest BCUT2D eigenvalue weighted by Crippen LogP contribution is -2.38. The minimum Gasteiger partial charge on any atom is -0.360 e. The second kappa shape index (κ2) is 5.67. The van der Waals surface area contributed by atoms with Crippen molar-refractivity contribution in [2.24, 2.45) is 11.7 Å². The molecule has 0 aliphatic carbocycles. The number of piperidine rings is 1. The Morgan fingerprint density at radius 2 is 2.05 bits per heavy atom. The third kappa shape index (κ3) is 2.43. The zero-order valence-electron chi connectivity index (χ0n) is 11.6. The van der Waals surface area contributed by atoms with Gasteiger partial charge in [-0.25, -0.2) is 0 Å². The molecule has 0 unspecified atom stereocenters. The van der Waals surface area contributed by atoms with Crippen LogP contribution in [0.4, 0.5) is 0 Å². The van der Waals surface area contributed by atoms with Gasteiger partial charge in [-0.15, -0.1) is 0 Å². The van der Waals surface area contributed by atoms with E-state index in [1.165, 1.54) is 0 Å². The van der Waals surface area contributed by atoms with Crippen molar-refractivity contribution in [3.05, 3.63) is 36.0 Å². The fourth-order valence-electron chi connectivity index (χ4n) is 3.08. The molecule has 4 nitrogen and oxygen atoms in total. The number of rotatable bonds is 3. The van der Waals surface area contributed by atoms with Gasteiger partial charge in [0, 0.05) is 30.2 Å². The highest BCUT2D eigenvalue weighted by molar-refractivity contribution is 6.06. The molecule has 0 atom stereocenters. The molecule has 1 fully saturated rings. The maximum Gasteiger partial charge on any atom is 0.256 e. The number of aromatic nitrogens is 1. The number of carbonyl (C=O) groups excluding carboxylic acids is 1. The Labute approximate surface area is 118 Å². The zero-order chi connectivity index (χ0) is 13.9. The van der Waals surface area contributed by atoms with E-state index in [2.05, 4.69) is 4.98 Å². The number of hydrogen-bond donors (Lipinski definition) is 2. The van der Waals surface area contributed by atoms with Crippen LogP contribution < -0.4 is 5.73 Å². The molecule has 20 heavy (non-hydrogen) atoms. The summed E-state index contributed by atoms with van der Waals surface area (Å²) < 4.78 is 0. The number of likely N-dealkylation sites (tertiary alicyclic amines) is 1. The Morgan fingerprint density at radius 3 is 2.80 bits per heavy atom. The minimum atomic E-state index is 0.147. The molecule has 1 saturated heterocycles. The standard InChI is InChI=1S/C16H21N3O/c17-8-5-12-6-9-19(10-7-12)16(20)14-11-18-15-4-2-1-3-13(14)15/h1-4,11-12,18H,5-10,17H2. The molecule has 0 radical (unpaired) electrons. The molecule has 0 bridgehead atoms. The smallest absolute Gasteiger partial charge is 0.256 e. The third-order valence-corrected chi connectivity index (χ3v) is 4.30. The number of fused-ring (bicyclic) bond motifs is 1. The van der Waals surface area contributed by atoms with E-state index in [1.54, 1.807) is 0 Å². The van der Waals surface area contributed by atoms with Crippen LogP contribution in [0.3, 0.4) is 0 Å². The Bertz CT molecular complexity index is 597. The fraction of sp³-hybridized carbons (Fsp3) is 0.438. The first kappa shape index (κ1) is 13.2. The Kier molecular flexibility index (Phi) is 3.74. The van der Waals surface area contributed by atoms with Gasteiger partial charge in [-0.2, -0.15) is 0 Å². The third-order valence-electron chi connectivity index (χ3n) is 4.30. The van der Waals surface area contributed by atoms with Crippen LogP contribution in [-0.2, 0) is 0 Å². The monoisotopic (exact) mass is 271 g/mol. The van der Waals surface area contributed by atoms with Gasteiger partial charge in [-0.1, -0.05) is 18.2 Å². The first-order valence-corrected chi connectivity index (χ1v) is 7.35. The second-order valence-corrected chi connectivity index (χ2v) is 5.56. The van der Waals surface area contributed by atoms with E-state index in [-0.39, 0.29) is 5.91 Å². The lowest BCUT2D eigenvalue weighted by molar-refractivity contribution is 0.0690. The maximum absolute atomic E-state index is 12.6. The van der Waals surface area contributed by atoms with Crippen molar-refractivity contribution >= 4 is 16.8 Å². The van der Waals surface area contributed by atoms with Crippen molar-refractivity contribution in [1.82, 2.24) is 9.88 Å². The molecule has 1 aromatic carbocycles. The van der Waals surface area contributed by atoms with E-state index in [0.29, 0.717) is 5.92 Å². The average molecular weight is 271 g/mol. The normalized spacial score (nSPS) is 16.8. The number of aromatic amines is 1. The summed E-state index contributed by atoms with van der Waals surface area (Å²) in [6.07, 6.45) is 5.06. The van der Waals surface area contributed by atoms with Crippen LogP contribution in [0.2, 0.25) is 0 Å². The molecule has 106 valence electrons. The largest absolute Gasteiger partial charge is 0.360 e. The van der Waals surface area contributed by atoms with Crippen molar-refractivity contribution in [3.63, 3.8) is 0 Å². The van der Waals surface area contributed by atoms with E-state index in [9.17, 15) is 4.79 Å². The molecule has 1 amide bonds. The van der Waals surface area contributed by atoms with Crippen LogP contribution in [0, 0.1) is 5.92 Å². The second-order valence-electron chi connectivity index (χ2n) is 5.56. The molecule has 2 heterocycles. The molecule has 0 spiro atoms. The fourth-order valence-corrected chi connectivity index (χ4v) is 3.08. The lowest BCUT2D eigenvalue weighted by atomic mass is 9.93. The Morgan fingerprint density at radius 1 is 1.30 bits per heavy atom. The van der Waals surface area contributed by atoms with E-state index < -0.39 is 0 Å². The van der Waals surface area contributed by atoms with Gasteiger partial charge in [0.25, 0.3) is 5.91 Å². The van der Waals surface area contributed by atoms with Crippen molar-refractivity contribution < 1.29 is 4.79 Å². The summed E-state index contributed by atoms with van der Waals surface area (Å²) >= 11 is 0. The number of nitrogens with zero attached hydrogens (tertiary/aromatic N) is 1. The van der Waals surface area contributed by atoms with Gasteiger partial charge < -0.3 is 15.6 Å². The lowest BCUT2D eigenvalue weighted by Gasteiger charge is -2.31. The van der Waals surface area contributed by atoms with Crippen LogP contribution >= 0.6 is 0 Å². The number of H-pyrrole nitrogens is 1. The van der Waals surface area contributed by atoms with Gasteiger partial charge in [0.2, 0.25) is 0 Å². The number of nitrogens with one attached hydrogen (secondary N) is 1. The predicted molar refractivity (Wildman–Crippen MR) is 80.6 cm³/mol. The Balaban J connectivity index is 1.74. The minimum absolute atomic E-state index is 0.147.